The number of hydrogen-bond acceptors (Lipinski definition) is 2. The zero-order valence-corrected chi connectivity index (χ0v) is 12.0. The smallest absolute Gasteiger partial charge is 0.333 e. The summed E-state index contributed by atoms with van der Waals surface area (Å²) in [5.41, 5.74) is 2.25. The summed E-state index contributed by atoms with van der Waals surface area (Å²) in [6.45, 7) is 8.76. The lowest BCUT2D eigenvalue weighted by Gasteiger charge is -2.13. The van der Waals surface area contributed by atoms with Crippen LogP contribution in [0.1, 0.15) is 72.6 Å². The number of rotatable bonds is 9. The quantitative estimate of drug-likeness (QED) is 0.433. The summed E-state index contributed by atoms with van der Waals surface area (Å²) < 4.78 is 5.14. The predicted molar refractivity (Wildman–Crippen MR) is 73.0 cm³/mol. The normalized spacial score (nSPS) is 10.1. The van der Waals surface area contributed by atoms with Gasteiger partial charge in [-0.1, -0.05) is 39.2 Å². The highest BCUT2D eigenvalue weighted by Crippen LogP contribution is 2.22. The first-order valence-electron chi connectivity index (χ1n) is 7.09. The molecule has 0 unspecified atom stereocenters. The van der Waals surface area contributed by atoms with Gasteiger partial charge >= 0.3 is 5.97 Å². The van der Waals surface area contributed by atoms with E-state index in [1.807, 2.05) is 13.8 Å². The van der Waals surface area contributed by atoms with Crippen LogP contribution in [0.2, 0.25) is 0 Å². The molecular weight excluding hydrogens is 212 g/mol. The Morgan fingerprint density at radius 3 is 1.82 bits per heavy atom. The van der Waals surface area contributed by atoms with Crippen LogP contribution in [0, 0.1) is 0 Å². The van der Waals surface area contributed by atoms with E-state index in [4.69, 9.17) is 4.74 Å². The van der Waals surface area contributed by atoms with Gasteiger partial charge in [-0.25, -0.2) is 4.79 Å². The lowest BCUT2D eigenvalue weighted by molar-refractivity contribution is -0.138. The van der Waals surface area contributed by atoms with Gasteiger partial charge in [0.15, 0.2) is 0 Å². The number of ether oxygens (including phenoxy) is 1. The molecule has 0 aromatic heterocycles. The van der Waals surface area contributed by atoms with Crippen molar-refractivity contribution >= 4 is 5.97 Å². The van der Waals surface area contributed by atoms with E-state index in [2.05, 4.69) is 13.8 Å². The van der Waals surface area contributed by atoms with Crippen LogP contribution in [-0.4, -0.2) is 12.6 Å². The van der Waals surface area contributed by atoms with Crippen LogP contribution < -0.4 is 0 Å². The number of unbranched alkanes of at least 4 members (excludes halogenated alkanes) is 2. The third-order valence-electron chi connectivity index (χ3n) is 2.97. The lowest BCUT2D eigenvalue weighted by atomic mass is 9.95. The lowest BCUT2D eigenvalue weighted by Crippen LogP contribution is -2.10. The molecule has 0 saturated carbocycles. The molecular formula is C15H28O2. The summed E-state index contributed by atoms with van der Waals surface area (Å²) in [7, 11) is 0. The van der Waals surface area contributed by atoms with Crippen molar-refractivity contribution < 1.29 is 9.53 Å². The molecule has 0 radical (unpaired) electrons. The van der Waals surface area contributed by atoms with Gasteiger partial charge in [-0.05, 0) is 39.0 Å². The molecule has 0 aliphatic heterocycles. The van der Waals surface area contributed by atoms with E-state index >= 15 is 0 Å². The van der Waals surface area contributed by atoms with E-state index in [1.165, 1.54) is 31.3 Å². The van der Waals surface area contributed by atoms with Crippen molar-refractivity contribution in [3.8, 4) is 0 Å². The van der Waals surface area contributed by atoms with Crippen molar-refractivity contribution in [3.05, 3.63) is 11.1 Å². The summed E-state index contributed by atoms with van der Waals surface area (Å²) in [5, 5.41) is 0. The monoisotopic (exact) mass is 240 g/mol. The highest BCUT2D eigenvalue weighted by molar-refractivity contribution is 5.89. The van der Waals surface area contributed by atoms with Gasteiger partial charge in [0.05, 0.1) is 6.61 Å². The second-order valence-electron chi connectivity index (χ2n) is 4.36. The molecule has 17 heavy (non-hydrogen) atoms. The van der Waals surface area contributed by atoms with Crippen LogP contribution in [-0.2, 0) is 9.53 Å². The molecule has 2 nitrogen and oxygen atoms in total. The summed E-state index contributed by atoms with van der Waals surface area (Å²) in [5.74, 6) is -0.0998. The fourth-order valence-corrected chi connectivity index (χ4v) is 1.96. The Balaban J connectivity index is 4.77. The fourth-order valence-electron chi connectivity index (χ4n) is 1.96. The van der Waals surface area contributed by atoms with E-state index in [0.717, 1.165) is 24.8 Å². The number of carbonyl (C=O) groups is 1. The molecule has 0 atom stereocenters. The summed E-state index contributed by atoms with van der Waals surface area (Å²) >= 11 is 0. The SMILES string of the molecule is CCCCC(CCCC)=C(CC)C(=O)OCC. The highest BCUT2D eigenvalue weighted by atomic mass is 16.5. The van der Waals surface area contributed by atoms with Gasteiger partial charge in [-0.3, -0.25) is 0 Å². The Morgan fingerprint density at radius 1 is 0.941 bits per heavy atom. The van der Waals surface area contributed by atoms with Gasteiger partial charge < -0.3 is 4.74 Å². The van der Waals surface area contributed by atoms with Crippen LogP contribution in [0.15, 0.2) is 11.1 Å². The minimum Gasteiger partial charge on any atom is -0.463 e. The third kappa shape index (κ3) is 6.50. The van der Waals surface area contributed by atoms with Gasteiger partial charge in [0.2, 0.25) is 0 Å². The maximum Gasteiger partial charge on any atom is 0.333 e. The number of carbonyl (C=O) groups excluding carboxylic acids is 1. The molecule has 0 N–H and O–H groups in total. The molecule has 100 valence electrons. The van der Waals surface area contributed by atoms with Crippen molar-refractivity contribution in [2.45, 2.75) is 72.6 Å². The van der Waals surface area contributed by atoms with Crippen LogP contribution >= 0.6 is 0 Å². The first-order valence-corrected chi connectivity index (χ1v) is 7.09. The molecule has 0 bridgehead atoms. The first kappa shape index (κ1) is 16.2. The molecule has 0 aromatic carbocycles. The van der Waals surface area contributed by atoms with E-state index in [1.54, 1.807) is 0 Å². The second-order valence-corrected chi connectivity index (χ2v) is 4.36. The van der Waals surface area contributed by atoms with Crippen molar-refractivity contribution in [2.24, 2.45) is 0 Å². The standard InChI is InChI=1S/C15H28O2/c1-5-9-11-13(12-10-6-2)14(7-3)15(16)17-8-4/h5-12H2,1-4H3. The molecule has 0 spiro atoms. The van der Waals surface area contributed by atoms with Crippen molar-refractivity contribution in [2.75, 3.05) is 6.61 Å². The molecule has 0 aromatic rings. The van der Waals surface area contributed by atoms with Gasteiger partial charge in [-0.2, -0.15) is 0 Å². The van der Waals surface area contributed by atoms with E-state index in [0.29, 0.717) is 6.61 Å². The topological polar surface area (TPSA) is 26.3 Å². The van der Waals surface area contributed by atoms with E-state index < -0.39 is 0 Å². The Hall–Kier alpha value is -0.790. The van der Waals surface area contributed by atoms with Crippen molar-refractivity contribution in [1.82, 2.24) is 0 Å². The largest absolute Gasteiger partial charge is 0.463 e. The van der Waals surface area contributed by atoms with Crippen LogP contribution in [0.25, 0.3) is 0 Å². The van der Waals surface area contributed by atoms with Crippen molar-refractivity contribution in [1.29, 1.82) is 0 Å². The van der Waals surface area contributed by atoms with Gasteiger partial charge in [0.25, 0.3) is 0 Å². The van der Waals surface area contributed by atoms with Gasteiger partial charge in [0, 0.05) is 5.57 Å². The Labute approximate surface area is 106 Å². The molecule has 0 rings (SSSR count). The predicted octanol–water partition coefficient (Wildman–Crippen LogP) is 4.64. The summed E-state index contributed by atoms with van der Waals surface area (Å²) in [6, 6.07) is 0. The first-order chi connectivity index (χ1) is 8.21. The zero-order chi connectivity index (χ0) is 13.1. The zero-order valence-electron chi connectivity index (χ0n) is 12.0. The molecule has 0 amide bonds. The Bertz CT molecular complexity index is 231. The minimum atomic E-state index is -0.0998. The minimum absolute atomic E-state index is 0.0998. The number of hydrogen-bond donors (Lipinski definition) is 0. The van der Waals surface area contributed by atoms with Gasteiger partial charge in [-0.15, -0.1) is 0 Å². The average Bonchev–Trinajstić information content (AvgIpc) is 2.33. The number of esters is 1. The molecule has 0 fully saturated rings. The average molecular weight is 240 g/mol. The van der Waals surface area contributed by atoms with Crippen LogP contribution in [0.3, 0.4) is 0 Å². The second kappa shape index (κ2) is 10.4. The highest BCUT2D eigenvalue weighted by Gasteiger charge is 2.14. The van der Waals surface area contributed by atoms with Gasteiger partial charge in [0.1, 0.15) is 0 Å². The third-order valence-corrected chi connectivity index (χ3v) is 2.97. The van der Waals surface area contributed by atoms with Crippen LogP contribution in [0.5, 0.6) is 0 Å². The molecule has 0 aliphatic carbocycles. The summed E-state index contributed by atoms with van der Waals surface area (Å²) in [4.78, 5) is 11.9. The molecule has 0 heterocycles. The number of allylic oxidation sites excluding steroid dienone is 1. The van der Waals surface area contributed by atoms with Crippen LogP contribution in [0.4, 0.5) is 0 Å². The Kier molecular flexibility index (Phi) is 9.89. The Morgan fingerprint density at radius 2 is 1.47 bits per heavy atom. The van der Waals surface area contributed by atoms with Crippen molar-refractivity contribution in [3.63, 3.8) is 0 Å². The van der Waals surface area contributed by atoms with E-state index in [-0.39, 0.29) is 5.97 Å². The molecule has 0 aliphatic rings. The summed E-state index contributed by atoms with van der Waals surface area (Å²) in [6.07, 6.45) is 7.59. The maximum absolute atomic E-state index is 11.9. The van der Waals surface area contributed by atoms with E-state index in [9.17, 15) is 4.79 Å². The molecule has 2 heteroatoms. The molecule has 0 saturated heterocycles. The fraction of sp³-hybridized carbons (Fsp3) is 0.800. The maximum atomic E-state index is 11.9.